The normalized spacial score (nSPS) is 25.0. The monoisotopic (exact) mass is 352 g/mol. The molecule has 0 spiro atoms. The highest BCUT2D eigenvalue weighted by Crippen LogP contribution is 2.31. The number of piperidine rings is 1. The second-order valence-electron chi connectivity index (χ2n) is 6.87. The number of carbonyl (C=O) groups is 1. The number of hydrogen-bond donors (Lipinski definition) is 0. The summed E-state index contributed by atoms with van der Waals surface area (Å²) in [6.45, 7) is 5.18. The number of nitrogens with zero attached hydrogens (tertiary/aromatic N) is 4. The molecule has 24 heavy (non-hydrogen) atoms. The summed E-state index contributed by atoms with van der Waals surface area (Å²) in [5.41, 5.74) is 1.16. The van der Waals surface area contributed by atoms with Gasteiger partial charge >= 0.3 is 0 Å². The quantitative estimate of drug-likeness (QED) is 0.758. The summed E-state index contributed by atoms with van der Waals surface area (Å²) < 4.78 is 28.7. The minimum absolute atomic E-state index is 0.0571. The number of amides is 1. The largest absolute Gasteiger partial charge is 0.334 e. The summed E-state index contributed by atoms with van der Waals surface area (Å²) in [5.74, 6) is -0.173. The molecule has 8 heteroatoms. The molecule has 3 aliphatic heterocycles. The molecule has 1 aromatic heterocycles. The Hall–Kier alpha value is -1.67. The minimum atomic E-state index is -3.61. The number of hydrogen-bond acceptors (Lipinski definition) is 4. The molecule has 0 radical (unpaired) electrons. The van der Waals surface area contributed by atoms with Crippen molar-refractivity contribution in [1.29, 1.82) is 0 Å². The van der Waals surface area contributed by atoms with Crippen molar-refractivity contribution in [2.75, 3.05) is 19.6 Å². The Morgan fingerprint density at radius 3 is 2.71 bits per heavy atom. The van der Waals surface area contributed by atoms with Crippen LogP contribution in [0.3, 0.4) is 0 Å². The summed E-state index contributed by atoms with van der Waals surface area (Å²) >= 11 is 0. The van der Waals surface area contributed by atoms with E-state index in [1.54, 1.807) is 7.05 Å². The van der Waals surface area contributed by atoms with Gasteiger partial charge in [0.15, 0.2) is 0 Å². The van der Waals surface area contributed by atoms with Crippen LogP contribution in [0.5, 0.6) is 0 Å². The third-order valence-electron chi connectivity index (χ3n) is 4.78. The smallest absolute Gasteiger partial charge is 0.246 e. The van der Waals surface area contributed by atoms with Crippen molar-refractivity contribution in [3.8, 4) is 0 Å². The maximum atomic E-state index is 12.9. The predicted octanol–water partition coefficient (Wildman–Crippen LogP) is 0.998. The number of allylic oxidation sites excluding steroid dienone is 1. The first-order valence-electron chi connectivity index (χ1n) is 8.21. The van der Waals surface area contributed by atoms with E-state index in [9.17, 15) is 13.2 Å². The Balaban J connectivity index is 1.87. The number of rotatable bonds is 4. The van der Waals surface area contributed by atoms with E-state index >= 15 is 0 Å². The third kappa shape index (κ3) is 3.12. The van der Waals surface area contributed by atoms with E-state index in [0.717, 1.165) is 18.4 Å². The second-order valence-corrected chi connectivity index (χ2v) is 8.81. The van der Waals surface area contributed by atoms with Gasteiger partial charge in [-0.15, -0.1) is 0 Å². The molecule has 3 fully saturated rings. The van der Waals surface area contributed by atoms with Crippen molar-refractivity contribution in [2.24, 2.45) is 13.0 Å². The average Bonchev–Trinajstić information content (AvgIpc) is 2.77. The van der Waals surface area contributed by atoms with Crippen molar-refractivity contribution >= 4 is 15.9 Å². The van der Waals surface area contributed by atoms with E-state index in [2.05, 4.69) is 5.10 Å². The van der Waals surface area contributed by atoms with Gasteiger partial charge in [0.05, 0.1) is 12.1 Å². The van der Waals surface area contributed by atoms with Crippen LogP contribution in [0.25, 0.3) is 0 Å². The molecule has 0 aliphatic carbocycles. The van der Waals surface area contributed by atoms with Crippen LogP contribution < -0.4 is 0 Å². The fourth-order valence-corrected chi connectivity index (χ4v) is 4.91. The molecule has 1 aromatic rings. The van der Waals surface area contributed by atoms with Gasteiger partial charge in [0.2, 0.25) is 15.9 Å². The fraction of sp³-hybridized carbons (Fsp3) is 0.625. The summed E-state index contributed by atoms with van der Waals surface area (Å²) in [6.07, 6.45) is 6.51. The van der Waals surface area contributed by atoms with Gasteiger partial charge in [-0.2, -0.15) is 9.40 Å². The summed E-state index contributed by atoms with van der Waals surface area (Å²) in [7, 11) is -1.92. The van der Waals surface area contributed by atoms with E-state index in [1.165, 1.54) is 21.4 Å². The molecule has 2 atom stereocenters. The molecule has 0 N–H and O–H groups in total. The van der Waals surface area contributed by atoms with Crippen LogP contribution in [0.1, 0.15) is 26.7 Å². The van der Waals surface area contributed by atoms with Crippen LogP contribution in [-0.4, -0.2) is 59.0 Å². The number of fused-ring (bicyclic) bond motifs is 4. The van der Waals surface area contributed by atoms with Gasteiger partial charge in [-0.05, 0) is 26.7 Å². The van der Waals surface area contributed by atoms with Crippen molar-refractivity contribution < 1.29 is 13.2 Å². The van der Waals surface area contributed by atoms with Gasteiger partial charge < -0.3 is 4.90 Å². The van der Waals surface area contributed by atoms with Crippen LogP contribution in [0, 0.1) is 5.92 Å². The Morgan fingerprint density at radius 1 is 1.33 bits per heavy atom. The van der Waals surface area contributed by atoms with E-state index in [-0.39, 0.29) is 29.3 Å². The predicted molar refractivity (Wildman–Crippen MR) is 89.6 cm³/mol. The summed E-state index contributed by atoms with van der Waals surface area (Å²) in [4.78, 5) is 14.7. The number of aromatic nitrogens is 2. The van der Waals surface area contributed by atoms with Gasteiger partial charge in [-0.1, -0.05) is 11.6 Å². The molecule has 2 bridgehead atoms. The fourth-order valence-electron chi connectivity index (χ4n) is 3.40. The summed E-state index contributed by atoms with van der Waals surface area (Å²) in [6, 6.07) is -0.0571. The SMILES string of the molecule is CC(C)=CCN1C(=O)C2CCC1CN(S(=O)(=O)c1cnn(C)c1)C2. The highest BCUT2D eigenvalue weighted by Gasteiger charge is 2.43. The standard InChI is InChI=1S/C16H24N4O3S/c1-12(2)6-7-20-14-5-4-13(16(20)21)9-19(10-14)24(22,23)15-8-17-18(3)11-15/h6,8,11,13-14H,4-5,7,9-10H2,1-3H3. The van der Waals surface area contributed by atoms with Crippen LogP contribution in [0.4, 0.5) is 0 Å². The highest BCUT2D eigenvalue weighted by atomic mass is 32.2. The van der Waals surface area contributed by atoms with Crippen LogP contribution in [0.2, 0.25) is 0 Å². The van der Waals surface area contributed by atoms with Gasteiger partial charge in [-0.3, -0.25) is 9.48 Å². The maximum Gasteiger partial charge on any atom is 0.246 e. The Labute approximate surface area is 143 Å². The lowest BCUT2D eigenvalue weighted by Gasteiger charge is -2.35. The van der Waals surface area contributed by atoms with E-state index < -0.39 is 10.0 Å². The Kier molecular flexibility index (Phi) is 4.52. The minimum Gasteiger partial charge on any atom is -0.334 e. The first-order valence-corrected chi connectivity index (χ1v) is 9.65. The van der Waals surface area contributed by atoms with E-state index in [1.807, 2.05) is 24.8 Å². The zero-order valence-corrected chi connectivity index (χ0v) is 15.2. The molecular weight excluding hydrogens is 328 g/mol. The van der Waals surface area contributed by atoms with Crippen molar-refractivity contribution in [3.63, 3.8) is 0 Å². The van der Waals surface area contributed by atoms with Gasteiger partial charge in [0.1, 0.15) is 4.90 Å². The second kappa shape index (κ2) is 6.33. The zero-order valence-electron chi connectivity index (χ0n) is 14.3. The van der Waals surface area contributed by atoms with Crippen molar-refractivity contribution in [2.45, 2.75) is 37.6 Å². The number of carbonyl (C=O) groups excluding carboxylic acids is 1. The first kappa shape index (κ1) is 17.2. The van der Waals surface area contributed by atoms with Crippen molar-refractivity contribution in [1.82, 2.24) is 19.0 Å². The Morgan fingerprint density at radius 2 is 2.08 bits per heavy atom. The van der Waals surface area contributed by atoms with E-state index in [0.29, 0.717) is 13.1 Å². The van der Waals surface area contributed by atoms with Gasteiger partial charge in [-0.25, -0.2) is 8.42 Å². The Bertz CT molecular complexity index is 764. The lowest BCUT2D eigenvalue weighted by Crippen LogP contribution is -2.48. The first-order chi connectivity index (χ1) is 11.3. The zero-order chi connectivity index (χ0) is 17.5. The highest BCUT2D eigenvalue weighted by molar-refractivity contribution is 7.89. The molecule has 3 saturated heterocycles. The number of aryl methyl sites for hydroxylation is 1. The third-order valence-corrected chi connectivity index (χ3v) is 6.56. The topological polar surface area (TPSA) is 75.5 Å². The van der Waals surface area contributed by atoms with Gasteiger partial charge in [0.25, 0.3) is 0 Å². The van der Waals surface area contributed by atoms with Crippen LogP contribution >= 0.6 is 0 Å². The molecule has 2 unspecified atom stereocenters. The van der Waals surface area contributed by atoms with Crippen LogP contribution in [-0.2, 0) is 21.9 Å². The molecule has 3 aliphatic rings. The molecule has 0 saturated carbocycles. The average molecular weight is 352 g/mol. The molecule has 0 aromatic carbocycles. The lowest BCUT2D eigenvalue weighted by molar-refractivity contribution is -0.139. The maximum absolute atomic E-state index is 12.9. The molecular formula is C16H24N4O3S. The van der Waals surface area contributed by atoms with Crippen LogP contribution in [0.15, 0.2) is 28.9 Å². The molecule has 132 valence electrons. The van der Waals surface area contributed by atoms with Gasteiger partial charge in [0, 0.05) is 38.9 Å². The summed E-state index contributed by atoms with van der Waals surface area (Å²) in [5, 5.41) is 3.96. The molecule has 7 nitrogen and oxygen atoms in total. The molecule has 4 rings (SSSR count). The molecule has 4 heterocycles. The van der Waals surface area contributed by atoms with E-state index in [4.69, 9.17) is 0 Å². The van der Waals surface area contributed by atoms with Crippen molar-refractivity contribution in [3.05, 3.63) is 24.0 Å². The molecule has 1 amide bonds. The number of sulfonamides is 1. The lowest BCUT2D eigenvalue weighted by atomic mass is 9.94.